The van der Waals surface area contributed by atoms with Gasteiger partial charge in [0.25, 0.3) is 0 Å². The van der Waals surface area contributed by atoms with Crippen molar-refractivity contribution in [2.24, 2.45) is 0 Å². The van der Waals surface area contributed by atoms with Gasteiger partial charge in [0.15, 0.2) is 11.5 Å². The first kappa shape index (κ1) is 13.4. The lowest BCUT2D eigenvalue weighted by Crippen LogP contribution is -2.49. The number of aromatic amines is 1. The fourth-order valence-corrected chi connectivity index (χ4v) is 2.38. The van der Waals surface area contributed by atoms with E-state index in [0.29, 0.717) is 38.4 Å². The SMILES string of the molecule is CCOC(=O)N1CCN(c2nc(N)nc3nc[nH]c23)CC1. The number of H-pyrrole nitrogens is 1. The van der Waals surface area contributed by atoms with Crippen molar-refractivity contribution in [2.45, 2.75) is 6.92 Å². The molecule has 0 atom stereocenters. The Morgan fingerprint density at radius 1 is 1.38 bits per heavy atom. The number of ether oxygens (including phenoxy) is 1. The molecule has 1 fully saturated rings. The Balaban J connectivity index is 1.77. The van der Waals surface area contributed by atoms with Gasteiger partial charge < -0.3 is 25.3 Å². The standard InChI is InChI=1S/C12H17N7O2/c1-2-21-12(20)19-5-3-18(4-6-19)10-8-9(15-7-14-8)16-11(13)17-10/h7H,2-6H2,1H3,(H3,13,14,15,16,17). The van der Waals surface area contributed by atoms with E-state index in [2.05, 4.69) is 24.8 Å². The Morgan fingerprint density at radius 3 is 2.86 bits per heavy atom. The van der Waals surface area contributed by atoms with Crippen LogP contribution in [0.15, 0.2) is 6.33 Å². The molecule has 2 aromatic heterocycles. The number of piperazine rings is 1. The monoisotopic (exact) mass is 291 g/mol. The van der Waals surface area contributed by atoms with Gasteiger partial charge in [-0.25, -0.2) is 9.78 Å². The van der Waals surface area contributed by atoms with Crippen LogP contribution in [0.2, 0.25) is 0 Å². The summed E-state index contributed by atoms with van der Waals surface area (Å²) in [6.45, 7) is 4.66. The summed E-state index contributed by atoms with van der Waals surface area (Å²) in [6, 6.07) is 0. The van der Waals surface area contributed by atoms with Crippen LogP contribution in [0.25, 0.3) is 11.2 Å². The van der Waals surface area contributed by atoms with Gasteiger partial charge in [-0.05, 0) is 6.92 Å². The zero-order chi connectivity index (χ0) is 14.8. The molecule has 9 heteroatoms. The summed E-state index contributed by atoms with van der Waals surface area (Å²) >= 11 is 0. The van der Waals surface area contributed by atoms with Crippen molar-refractivity contribution in [2.75, 3.05) is 43.4 Å². The summed E-state index contributed by atoms with van der Waals surface area (Å²) in [5, 5.41) is 0. The van der Waals surface area contributed by atoms with E-state index in [1.165, 1.54) is 0 Å². The molecule has 0 aliphatic carbocycles. The summed E-state index contributed by atoms with van der Waals surface area (Å²) in [5.74, 6) is 0.913. The van der Waals surface area contributed by atoms with Gasteiger partial charge in [0.05, 0.1) is 12.9 Å². The zero-order valence-electron chi connectivity index (χ0n) is 11.7. The normalized spacial score (nSPS) is 15.5. The van der Waals surface area contributed by atoms with Crippen LogP contribution in [0.1, 0.15) is 6.92 Å². The number of hydrogen-bond acceptors (Lipinski definition) is 7. The van der Waals surface area contributed by atoms with Gasteiger partial charge in [0.1, 0.15) is 5.52 Å². The Kier molecular flexibility index (Phi) is 3.46. The number of imidazole rings is 1. The van der Waals surface area contributed by atoms with Crippen LogP contribution < -0.4 is 10.6 Å². The molecule has 9 nitrogen and oxygen atoms in total. The molecule has 0 spiro atoms. The maximum atomic E-state index is 11.7. The highest BCUT2D eigenvalue weighted by Crippen LogP contribution is 2.22. The molecule has 3 N–H and O–H groups in total. The third kappa shape index (κ3) is 2.54. The number of hydrogen-bond donors (Lipinski definition) is 2. The van der Waals surface area contributed by atoms with Crippen LogP contribution in [0, 0.1) is 0 Å². The summed E-state index contributed by atoms with van der Waals surface area (Å²) < 4.78 is 5.01. The Bertz CT molecular complexity index is 648. The van der Waals surface area contributed by atoms with Gasteiger partial charge in [-0.3, -0.25) is 0 Å². The number of nitrogens with one attached hydrogen (secondary N) is 1. The summed E-state index contributed by atoms with van der Waals surface area (Å²) in [4.78, 5) is 30.9. The second-order valence-corrected chi connectivity index (χ2v) is 4.68. The summed E-state index contributed by atoms with van der Waals surface area (Å²) in [5.41, 5.74) is 7.02. The number of carbonyl (C=O) groups excluding carboxylic acids is 1. The molecule has 1 aliphatic heterocycles. The van der Waals surface area contributed by atoms with Crippen LogP contribution in [0.5, 0.6) is 0 Å². The fourth-order valence-electron chi connectivity index (χ4n) is 2.38. The Labute approximate surface area is 121 Å². The lowest BCUT2D eigenvalue weighted by molar-refractivity contribution is 0.105. The van der Waals surface area contributed by atoms with E-state index >= 15 is 0 Å². The number of fused-ring (bicyclic) bond motifs is 1. The minimum atomic E-state index is -0.272. The molecule has 1 amide bonds. The highest BCUT2D eigenvalue weighted by Gasteiger charge is 2.24. The van der Waals surface area contributed by atoms with E-state index in [9.17, 15) is 4.79 Å². The van der Waals surface area contributed by atoms with Crippen LogP contribution in [-0.2, 0) is 4.74 Å². The van der Waals surface area contributed by atoms with Gasteiger partial charge in [-0.15, -0.1) is 0 Å². The van der Waals surface area contributed by atoms with Gasteiger partial charge in [-0.2, -0.15) is 9.97 Å². The molecule has 0 unspecified atom stereocenters. The maximum absolute atomic E-state index is 11.7. The van der Waals surface area contributed by atoms with Crippen molar-refractivity contribution in [1.82, 2.24) is 24.8 Å². The largest absolute Gasteiger partial charge is 0.450 e. The first-order valence-corrected chi connectivity index (χ1v) is 6.82. The Morgan fingerprint density at radius 2 is 2.14 bits per heavy atom. The van der Waals surface area contributed by atoms with Gasteiger partial charge in [0, 0.05) is 26.2 Å². The average molecular weight is 291 g/mol. The van der Waals surface area contributed by atoms with E-state index < -0.39 is 0 Å². The second-order valence-electron chi connectivity index (χ2n) is 4.68. The number of aromatic nitrogens is 4. The molecule has 21 heavy (non-hydrogen) atoms. The molecular weight excluding hydrogens is 274 g/mol. The summed E-state index contributed by atoms with van der Waals surface area (Å²) in [7, 11) is 0. The first-order valence-electron chi connectivity index (χ1n) is 6.82. The van der Waals surface area contributed by atoms with Crippen molar-refractivity contribution in [3.63, 3.8) is 0 Å². The number of amides is 1. The average Bonchev–Trinajstić information content (AvgIpc) is 2.95. The van der Waals surface area contributed by atoms with Crippen molar-refractivity contribution in [3.05, 3.63) is 6.33 Å². The van der Waals surface area contributed by atoms with Gasteiger partial charge in [-0.1, -0.05) is 0 Å². The van der Waals surface area contributed by atoms with E-state index in [0.717, 1.165) is 11.3 Å². The number of anilines is 2. The molecular formula is C12H17N7O2. The second kappa shape index (κ2) is 5.43. The lowest BCUT2D eigenvalue weighted by atomic mass is 10.3. The minimum Gasteiger partial charge on any atom is -0.450 e. The molecule has 0 aromatic carbocycles. The quantitative estimate of drug-likeness (QED) is 0.813. The molecule has 0 radical (unpaired) electrons. The number of nitrogens with zero attached hydrogens (tertiary/aromatic N) is 5. The van der Waals surface area contributed by atoms with E-state index in [-0.39, 0.29) is 12.0 Å². The van der Waals surface area contributed by atoms with E-state index in [4.69, 9.17) is 10.5 Å². The predicted octanol–water partition coefficient (Wildman–Crippen LogP) is 0.214. The maximum Gasteiger partial charge on any atom is 0.409 e. The molecule has 112 valence electrons. The van der Waals surface area contributed by atoms with Crippen molar-refractivity contribution in [3.8, 4) is 0 Å². The molecule has 0 saturated carbocycles. The molecule has 3 rings (SSSR count). The number of rotatable bonds is 2. The Hall–Kier alpha value is -2.58. The zero-order valence-corrected chi connectivity index (χ0v) is 11.7. The number of nitrogens with two attached hydrogens (primary N) is 1. The first-order chi connectivity index (χ1) is 10.2. The van der Waals surface area contributed by atoms with Crippen LogP contribution >= 0.6 is 0 Å². The molecule has 0 bridgehead atoms. The topological polar surface area (TPSA) is 113 Å². The highest BCUT2D eigenvalue weighted by molar-refractivity contribution is 5.84. The lowest BCUT2D eigenvalue weighted by Gasteiger charge is -2.34. The van der Waals surface area contributed by atoms with Crippen LogP contribution in [-0.4, -0.2) is 63.7 Å². The predicted molar refractivity (Wildman–Crippen MR) is 76.9 cm³/mol. The van der Waals surface area contributed by atoms with E-state index in [1.54, 1.807) is 18.2 Å². The molecule has 1 saturated heterocycles. The number of carbonyl (C=O) groups is 1. The smallest absolute Gasteiger partial charge is 0.409 e. The van der Waals surface area contributed by atoms with Crippen LogP contribution in [0.4, 0.5) is 16.6 Å². The van der Waals surface area contributed by atoms with Gasteiger partial charge in [0.2, 0.25) is 5.95 Å². The van der Waals surface area contributed by atoms with Gasteiger partial charge >= 0.3 is 6.09 Å². The summed E-state index contributed by atoms with van der Waals surface area (Å²) in [6.07, 6.45) is 1.29. The minimum absolute atomic E-state index is 0.192. The number of nitrogen functional groups attached to an aromatic ring is 1. The highest BCUT2D eigenvalue weighted by atomic mass is 16.6. The molecule has 1 aliphatic rings. The van der Waals surface area contributed by atoms with Crippen LogP contribution in [0.3, 0.4) is 0 Å². The fraction of sp³-hybridized carbons (Fsp3) is 0.500. The third-order valence-electron chi connectivity index (χ3n) is 3.39. The molecule has 3 heterocycles. The van der Waals surface area contributed by atoms with Crippen molar-refractivity contribution >= 4 is 29.0 Å². The van der Waals surface area contributed by atoms with Crippen molar-refractivity contribution < 1.29 is 9.53 Å². The third-order valence-corrected chi connectivity index (χ3v) is 3.39. The molecule has 2 aromatic rings. The van der Waals surface area contributed by atoms with E-state index in [1.807, 2.05) is 0 Å². The van der Waals surface area contributed by atoms with Crippen molar-refractivity contribution in [1.29, 1.82) is 0 Å².